The number of ether oxygens (including phenoxy) is 1. The molecule has 0 saturated heterocycles. The minimum absolute atomic E-state index is 0.207. The Morgan fingerprint density at radius 2 is 2.13 bits per heavy atom. The highest BCUT2D eigenvalue weighted by Gasteiger charge is 2.39. The largest absolute Gasteiger partial charge is 0.492 e. The zero-order valence-corrected chi connectivity index (χ0v) is 7.95. The molecule has 0 fully saturated rings. The van der Waals surface area contributed by atoms with Crippen LogP contribution in [0.15, 0.2) is 18.5 Å². The molecule has 15 heavy (non-hydrogen) atoms. The maximum Gasteiger partial charge on any atom is 0.418 e. The van der Waals surface area contributed by atoms with E-state index in [2.05, 4.69) is 4.98 Å². The van der Waals surface area contributed by atoms with Crippen LogP contribution in [0.2, 0.25) is 0 Å². The third-order valence-corrected chi connectivity index (χ3v) is 1.67. The fraction of sp³-hybridized carbons (Fsp3) is 0.444. The molecule has 0 radical (unpaired) electrons. The second kappa shape index (κ2) is 4.48. The van der Waals surface area contributed by atoms with Gasteiger partial charge in [-0.15, -0.1) is 0 Å². The summed E-state index contributed by atoms with van der Waals surface area (Å²) in [6, 6.07) is 1.12. The van der Waals surface area contributed by atoms with E-state index in [4.69, 9.17) is 9.84 Å². The minimum atomic E-state index is -4.69. The van der Waals surface area contributed by atoms with Gasteiger partial charge in [-0.25, -0.2) is 0 Å². The van der Waals surface area contributed by atoms with Crippen LogP contribution in [0, 0.1) is 0 Å². The Bertz CT molecular complexity index is 327. The fourth-order valence-corrected chi connectivity index (χ4v) is 1.02. The molecule has 0 saturated carbocycles. The predicted molar refractivity (Wildman–Crippen MR) is 46.4 cm³/mol. The number of aliphatic hydroxyl groups is 1. The Balaban J connectivity index is 2.90. The van der Waals surface area contributed by atoms with Gasteiger partial charge in [0, 0.05) is 11.8 Å². The Hall–Kier alpha value is -1.30. The number of hydrogen-bond acceptors (Lipinski definition) is 3. The molecule has 1 heterocycles. The van der Waals surface area contributed by atoms with Crippen molar-refractivity contribution in [1.29, 1.82) is 0 Å². The number of hydrogen-bond donors (Lipinski definition) is 1. The van der Waals surface area contributed by atoms with E-state index in [1.165, 1.54) is 6.20 Å². The van der Waals surface area contributed by atoms with Crippen LogP contribution in [0.4, 0.5) is 13.2 Å². The Labute approximate surface area is 84.5 Å². The maximum absolute atomic E-state index is 12.1. The molecule has 3 nitrogen and oxygen atoms in total. The monoisotopic (exact) mass is 221 g/mol. The number of alkyl halides is 3. The van der Waals surface area contributed by atoms with Crippen LogP contribution in [-0.2, 0) is 0 Å². The molecular formula is C9H10F3NO2. The van der Waals surface area contributed by atoms with Crippen LogP contribution >= 0.6 is 0 Å². The minimum Gasteiger partial charge on any atom is -0.492 e. The number of pyridine rings is 1. The van der Waals surface area contributed by atoms with Gasteiger partial charge in [-0.3, -0.25) is 4.98 Å². The SMILES string of the molecule is CCOc1cncc([C@@H](O)C(F)(F)F)c1. The van der Waals surface area contributed by atoms with Gasteiger partial charge in [-0.05, 0) is 13.0 Å². The third-order valence-electron chi connectivity index (χ3n) is 1.67. The quantitative estimate of drug-likeness (QED) is 0.849. The molecule has 0 aromatic carbocycles. The summed E-state index contributed by atoms with van der Waals surface area (Å²) in [5, 5.41) is 8.93. The molecule has 1 N–H and O–H groups in total. The van der Waals surface area contributed by atoms with Gasteiger partial charge in [-0.2, -0.15) is 13.2 Å². The summed E-state index contributed by atoms with van der Waals surface area (Å²) in [4.78, 5) is 3.55. The maximum atomic E-state index is 12.1. The van der Waals surface area contributed by atoms with Gasteiger partial charge < -0.3 is 9.84 Å². The van der Waals surface area contributed by atoms with E-state index in [9.17, 15) is 13.2 Å². The van der Waals surface area contributed by atoms with Crippen LogP contribution in [0.3, 0.4) is 0 Å². The lowest BCUT2D eigenvalue weighted by Crippen LogP contribution is -2.20. The van der Waals surface area contributed by atoms with Crippen LogP contribution in [0.5, 0.6) is 5.75 Å². The van der Waals surface area contributed by atoms with Crippen molar-refractivity contribution in [2.75, 3.05) is 6.61 Å². The first-order valence-electron chi connectivity index (χ1n) is 4.27. The second-order valence-corrected chi connectivity index (χ2v) is 2.83. The summed E-state index contributed by atoms with van der Waals surface area (Å²) in [5.74, 6) is 0.207. The van der Waals surface area contributed by atoms with E-state index in [-0.39, 0.29) is 11.3 Å². The molecule has 0 aliphatic heterocycles. The fourth-order valence-electron chi connectivity index (χ4n) is 1.02. The van der Waals surface area contributed by atoms with Gasteiger partial charge in [0.15, 0.2) is 6.10 Å². The van der Waals surface area contributed by atoms with Crippen molar-refractivity contribution in [3.05, 3.63) is 24.0 Å². The topological polar surface area (TPSA) is 42.4 Å². The van der Waals surface area contributed by atoms with Crippen molar-refractivity contribution in [1.82, 2.24) is 4.98 Å². The van der Waals surface area contributed by atoms with Crippen molar-refractivity contribution in [3.8, 4) is 5.75 Å². The molecule has 0 aliphatic carbocycles. The standard InChI is InChI=1S/C9H10F3NO2/c1-2-15-7-3-6(4-13-5-7)8(14)9(10,11)12/h3-5,8,14H,2H2,1H3/t8-/m1/s1. The Morgan fingerprint density at radius 1 is 1.47 bits per heavy atom. The molecule has 1 aromatic heterocycles. The number of aliphatic hydroxyl groups excluding tert-OH is 1. The normalized spacial score (nSPS) is 13.7. The molecule has 1 rings (SSSR count). The molecule has 84 valence electrons. The second-order valence-electron chi connectivity index (χ2n) is 2.83. The van der Waals surface area contributed by atoms with E-state index in [1.807, 2.05) is 0 Å². The highest BCUT2D eigenvalue weighted by molar-refractivity contribution is 5.25. The number of rotatable bonds is 3. The molecule has 0 spiro atoms. The summed E-state index contributed by atoms with van der Waals surface area (Å²) < 4.78 is 41.4. The Kier molecular flexibility index (Phi) is 3.52. The first-order valence-corrected chi connectivity index (χ1v) is 4.27. The molecule has 6 heteroatoms. The average Bonchev–Trinajstić information content (AvgIpc) is 2.16. The van der Waals surface area contributed by atoms with Crippen LogP contribution in [-0.4, -0.2) is 22.9 Å². The van der Waals surface area contributed by atoms with Crippen molar-refractivity contribution in [2.45, 2.75) is 19.2 Å². The molecule has 0 unspecified atom stereocenters. The van der Waals surface area contributed by atoms with E-state index in [0.717, 1.165) is 12.3 Å². The van der Waals surface area contributed by atoms with Crippen molar-refractivity contribution in [3.63, 3.8) is 0 Å². The molecular weight excluding hydrogens is 211 g/mol. The van der Waals surface area contributed by atoms with Gasteiger partial charge >= 0.3 is 6.18 Å². The number of halogens is 3. The zero-order chi connectivity index (χ0) is 11.5. The molecule has 1 atom stereocenters. The van der Waals surface area contributed by atoms with Gasteiger partial charge in [0.25, 0.3) is 0 Å². The summed E-state index contributed by atoms with van der Waals surface area (Å²) in [7, 11) is 0. The van der Waals surface area contributed by atoms with Gasteiger partial charge in [-0.1, -0.05) is 0 Å². The molecule has 1 aromatic rings. The summed E-state index contributed by atoms with van der Waals surface area (Å²) in [5.41, 5.74) is -0.326. The summed E-state index contributed by atoms with van der Waals surface area (Å²) in [6.45, 7) is 2.03. The number of aromatic nitrogens is 1. The average molecular weight is 221 g/mol. The highest BCUT2D eigenvalue weighted by atomic mass is 19.4. The van der Waals surface area contributed by atoms with Gasteiger partial charge in [0.2, 0.25) is 0 Å². The first-order chi connectivity index (χ1) is 6.95. The lowest BCUT2D eigenvalue weighted by molar-refractivity contribution is -0.206. The van der Waals surface area contributed by atoms with Crippen LogP contribution in [0.1, 0.15) is 18.6 Å². The zero-order valence-electron chi connectivity index (χ0n) is 7.95. The summed E-state index contributed by atoms with van der Waals surface area (Å²) >= 11 is 0. The van der Waals surface area contributed by atoms with Crippen molar-refractivity contribution < 1.29 is 23.0 Å². The van der Waals surface area contributed by atoms with E-state index >= 15 is 0 Å². The number of nitrogens with zero attached hydrogens (tertiary/aromatic N) is 1. The van der Waals surface area contributed by atoms with Crippen molar-refractivity contribution >= 4 is 0 Å². The molecule has 0 bridgehead atoms. The third kappa shape index (κ3) is 3.09. The lowest BCUT2D eigenvalue weighted by Gasteiger charge is -2.14. The highest BCUT2D eigenvalue weighted by Crippen LogP contribution is 2.33. The lowest BCUT2D eigenvalue weighted by atomic mass is 10.1. The molecule has 0 amide bonds. The predicted octanol–water partition coefficient (Wildman–Crippen LogP) is 2.08. The van der Waals surface area contributed by atoms with E-state index in [1.54, 1.807) is 6.92 Å². The van der Waals surface area contributed by atoms with Crippen LogP contribution in [0.25, 0.3) is 0 Å². The smallest absolute Gasteiger partial charge is 0.418 e. The van der Waals surface area contributed by atoms with Crippen LogP contribution < -0.4 is 4.74 Å². The van der Waals surface area contributed by atoms with E-state index in [0.29, 0.717) is 6.61 Å². The Morgan fingerprint density at radius 3 is 2.67 bits per heavy atom. The van der Waals surface area contributed by atoms with Crippen molar-refractivity contribution in [2.24, 2.45) is 0 Å². The summed E-state index contributed by atoms with van der Waals surface area (Å²) in [6.07, 6.45) is -4.96. The van der Waals surface area contributed by atoms with Gasteiger partial charge in [0.1, 0.15) is 5.75 Å². The van der Waals surface area contributed by atoms with Gasteiger partial charge in [0.05, 0.1) is 12.8 Å². The van der Waals surface area contributed by atoms with E-state index < -0.39 is 12.3 Å². The molecule has 0 aliphatic rings. The first kappa shape index (κ1) is 11.8.